The van der Waals surface area contributed by atoms with E-state index in [2.05, 4.69) is 4.98 Å². The highest BCUT2D eigenvalue weighted by atomic mass is 16.5. The Morgan fingerprint density at radius 2 is 1.79 bits per heavy atom. The SMILES string of the molecule is COC(=O)c1c(/C=C/c2ccc(OC)nc2)cc(OC)cc1OC. The average Bonchev–Trinajstić information content (AvgIpc) is 2.65. The molecule has 0 aliphatic heterocycles. The maximum Gasteiger partial charge on any atom is 0.342 e. The fraction of sp³-hybridized carbons (Fsp3) is 0.222. The predicted molar refractivity (Wildman–Crippen MR) is 90.6 cm³/mol. The van der Waals surface area contributed by atoms with E-state index in [4.69, 9.17) is 18.9 Å². The summed E-state index contributed by atoms with van der Waals surface area (Å²) in [6, 6.07) is 6.99. The van der Waals surface area contributed by atoms with Crippen molar-refractivity contribution in [1.82, 2.24) is 4.98 Å². The van der Waals surface area contributed by atoms with E-state index in [1.165, 1.54) is 14.2 Å². The van der Waals surface area contributed by atoms with Crippen molar-refractivity contribution in [2.75, 3.05) is 28.4 Å². The van der Waals surface area contributed by atoms with E-state index in [-0.39, 0.29) is 0 Å². The molecule has 126 valence electrons. The van der Waals surface area contributed by atoms with Crippen LogP contribution in [0.5, 0.6) is 17.4 Å². The summed E-state index contributed by atoms with van der Waals surface area (Å²) in [6.45, 7) is 0. The number of carbonyl (C=O) groups excluding carboxylic acids is 1. The van der Waals surface area contributed by atoms with Gasteiger partial charge in [0.2, 0.25) is 5.88 Å². The zero-order chi connectivity index (χ0) is 17.5. The summed E-state index contributed by atoms with van der Waals surface area (Å²) in [7, 11) is 5.92. The van der Waals surface area contributed by atoms with Crippen molar-refractivity contribution in [1.29, 1.82) is 0 Å². The van der Waals surface area contributed by atoms with E-state index < -0.39 is 5.97 Å². The number of hydrogen-bond donors (Lipinski definition) is 0. The van der Waals surface area contributed by atoms with Crippen molar-refractivity contribution >= 4 is 18.1 Å². The lowest BCUT2D eigenvalue weighted by molar-refractivity contribution is 0.0597. The van der Waals surface area contributed by atoms with Crippen LogP contribution < -0.4 is 14.2 Å². The number of pyridine rings is 1. The quantitative estimate of drug-likeness (QED) is 0.759. The van der Waals surface area contributed by atoms with Gasteiger partial charge in [-0.05, 0) is 23.3 Å². The molecule has 6 heteroatoms. The third-order valence-electron chi connectivity index (χ3n) is 3.38. The van der Waals surface area contributed by atoms with E-state index in [0.717, 1.165) is 5.56 Å². The van der Waals surface area contributed by atoms with Gasteiger partial charge in [0.15, 0.2) is 0 Å². The molecule has 1 heterocycles. The normalized spacial score (nSPS) is 10.5. The monoisotopic (exact) mass is 329 g/mol. The van der Waals surface area contributed by atoms with E-state index >= 15 is 0 Å². The van der Waals surface area contributed by atoms with Crippen LogP contribution in [0, 0.1) is 0 Å². The molecule has 0 fully saturated rings. The molecule has 1 aromatic carbocycles. The van der Waals surface area contributed by atoms with Gasteiger partial charge in [0.25, 0.3) is 0 Å². The minimum Gasteiger partial charge on any atom is -0.497 e. The average molecular weight is 329 g/mol. The molecule has 0 unspecified atom stereocenters. The van der Waals surface area contributed by atoms with Gasteiger partial charge in [-0.15, -0.1) is 0 Å². The van der Waals surface area contributed by atoms with Crippen LogP contribution in [-0.2, 0) is 4.74 Å². The Morgan fingerprint density at radius 3 is 2.33 bits per heavy atom. The topological polar surface area (TPSA) is 66.9 Å². The molecule has 6 nitrogen and oxygen atoms in total. The lowest BCUT2D eigenvalue weighted by Gasteiger charge is -2.12. The minimum absolute atomic E-state index is 0.332. The van der Waals surface area contributed by atoms with Crippen LogP contribution in [0.4, 0.5) is 0 Å². The Bertz CT molecular complexity index is 738. The third-order valence-corrected chi connectivity index (χ3v) is 3.38. The second kappa shape index (κ2) is 8.01. The van der Waals surface area contributed by atoms with Gasteiger partial charge in [0.05, 0.1) is 28.4 Å². The lowest BCUT2D eigenvalue weighted by Crippen LogP contribution is -2.07. The summed E-state index contributed by atoms with van der Waals surface area (Å²) in [4.78, 5) is 16.2. The summed E-state index contributed by atoms with van der Waals surface area (Å²) in [5.74, 6) is 1.01. The molecule has 0 radical (unpaired) electrons. The van der Waals surface area contributed by atoms with Crippen molar-refractivity contribution < 1.29 is 23.7 Å². The fourth-order valence-corrected chi connectivity index (χ4v) is 2.14. The maximum absolute atomic E-state index is 12.1. The van der Waals surface area contributed by atoms with Gasteiger partial charge in [-0.1, -0.05) is 12.2 Å². The zero-order valence-corrected chi connectivity index (χ0v) is 14.0. The largest absolute Gasteiger partial charge is 0.497 e. The second-order valence-corrected chi connectivity index (χ2v) is 4.75. The molecule has 24 heavy (non-hydrogen) atoms. The number of ether oxygens (including phenoxy) is 4. The van der Waals surface area contributed by atoms with Gasteiger partial charge in [-0.3, -0.25) is 0 Å². The first-order valence-electron chi connectivity index (χ1n) is 7.15. The van der Waals surface area contributed by atoms with Crippen LogP contribution in [0.15, 0.2) is 30.5 Å². The standard InChI is InChI=1S/C18H19NO5/c1-21-14-9-13(17(18(20)24-4)15(10-14)22-2)7-5-12-6-8-16(23-3)19-11-12/h5-11H,1-4H3/b7-5+. The molecule has 0 spiro atoms. The molecule has 0 saturated heterocycles. The summed E-state index contributed by atoms with van der Waals surface area (Å²) < 4.78 is 20.4. The molecular formula is C18H19NO5. The molecule has 0 amide bonds. The van der Waals surface area contributed by atoms with Gasteiger partial charge < -0.3 is 18.9 Å². The Morgan fingerprint density at radius 1 is 1.00 bits per heavy atom. The van der Waals surface area contributed by atoms with Gasteiger partial charge in [0, 0.05) is 18.3 Å². The number of hydrogen-bond acceptors (Lipinski definition) is 6. The van der Waals surface area contributed by atoms with Crippen molar-refractivity contribution in [3.05, 3.63) is 47.2 Å². The minimum atomic E-state index is -0.484. The maximum atomic E-state index is 12.1. The lowest BCUT2D eigenvalue weighted by atomic mass is 10.0. The van der Waals surface area contributed by atoms with Gasteiger partial charge in [-0.25, -0.2) is 9.78 Å². The van der Waals surface area contributed by atoms with Gasteiger partial charge in [0.1, 0.15) is 17.1 Å². The van der Waals surface area contributed by atoms with Crippen LogP contribution in [0.3, 0.4) is 0 Å². The number of esters is 1. The van der Waals surface area contributed by atoms with Crippen LogP contribution >= 0.6 is 0 Å². The Labute approximate surface area is 140 Å². The van der Waals surface area contributed by atoms with E-state index in [0.29, 0.717) is 28.5 Å². The first-order chi connectivity index (χ1) is 11.6. The number of nitrogens with zero attached hydrogens (tertiary/aromatic N) is 1. The molecule has 2 aromatic rings. The first-order valence-corrected chi connectivity index (χ1v) is 7.15. The number of aromatic nitrogens is 1. The molecular weight excluding hydrogens is 310 g/mol. The van der Waals surface area contributed by atoms with Crippen molar-refractivity contribution in [3.63, 3.8) is 0 Å². The smallest absolute Gasteiger partial charge is 0.342 e. The van der Waals surface area contributed by atoms with Gasteiger partial charge in [-0.2, -0.15) is 0 Å². The van der Waals surface area contributed by atoms with Crippen LogP contribution in [0.1, 0.15) is 21.5 Å². The van der Waals surface area contributed by atoms with Gasteiger partial charge >= 0.3 is 5.97 Å². The highest BCUT2D eigenvalue weighted by Gasteiger charge is 2.18. The van der Waals surface area contributed by atoms with E-state index in [9.17, 15) is 4.79 Å². The van der Waals surface area contributed by atoms with Crippen molar-refractivity contribution in [2.45, 2.75) is 0 Å². The molecule has 2 rings (SSSR count). The summed E-state index contributed by atoms with van der Waals surface area (Å²) in [5.41, 5.74) is 1.81. The molecule has 0 N–H and O–H groups in total. The van der Waals surface area contributed by atoms with E-state index in [1.807, 2.05) is 12.1 Å². The highest BCUT2D eigenvalue weighted by molar-refractivity contribution is 5.98. The van der Waals surface area contributed by atoms with Crippen molar-refractivity contribution in [2.24, 2.45) is 0 Å². The third kappa shape index (κ3) is 3.84. The molecule has 1 aromatic heterocycles. The van der Waals surface area contributed by atoms with Crippen LogP contribution in [0.25, 0.3) is 12.2 Å². The fourth-order valence-electron chi connectivity index (χ4n) is 2.14. The summed E-state index contributed by atoms with van der Waals surface area (Å²) >= 11 is 0. The van der Waals surface area contributed by atoms with Crippen LogP contribution in [-0.4, -0.2) is 39.4 Å². The molecule has 0 bridgehead atoms. The predicted octanol–water partition coefficient (Wildman–Crippen LogP) is 3.06. The highest BCUT2D eigenvalue weighted by Crippen LogP contribution is 2.30. The summed E-state index contributed by atoms with van der Waals surface area (Å²) in [5, 5.41) is 0. The zero-order valence-electron chi connectivity index (χ0n) is 14.0. The molecule has 0 aliphatic rings. The number of benzene rings is 1. The molecule has 0 aliphatic carbocycles. The van der Waals surface area contributed by atoms with Crippen LogP contribution in [0.2, 0.25) is 0 Å². The number of carbonyl (C=O) groups is 1. The Balaban J connectivity index is 2.45. The van der Waals surface area contributed by atoms with E-state index in [1.54, 1.807) is 44.7 Å². The molecule has 0 saturated carbocycles. The van der Waals surface area contributed by atoms with Crippen molar-refractivity contribution in [3.8, 4) is 17.4 Å². The first kappa shape index (κ1) is 17.3. The Hall–Kier alpha value is -3.02. The number of methoxy groups -OCH3 is 4. The number of rotatable bonds is 6. The second-order valence-electron chi connectivity index (χ2n) is 4.75. The Kier molecular flexibility index (Phi) is 5.78. The summed E-state index contributed by atoms with van der Waals surface area (Å²) in [6.07, 6.45) is 5.28. The molecule has 0 atom stereocenters.